The summed E-state index contributed by atoms with van der Waals surface area (Å²) in [7, 11) is 1.84. The number of likely N-dealkylation sites (N-methyl/N-ethyl adjacent to an activating group) is 1. The zero-order chi connectivity index (χ0) is 15.6. The molecule has 0 radical (unpaired) electrons. The van der Waals surface area contributed by atoms with Crippen LogP contribution in [0, 0.1) is 5.92 Å². The molecule has 116 valence electrons. The lowest BCUT2D eigenvalue weighted by molar-refractivity contribution is 0.0277. The molecule has 1 heterocycles. The summed E-state index contributed by atoms with van der Waals surface area (Å²) in [5.74, 6) is 0.339. The minimum absolute atomic E-state index is 0.0125. The number of likely N-dealkylation sites (tertiary alicyclic amines) is 1. The van der Waals surface area contributed by atoms with Gasteiger partial charge >= 0.3 is 0 Å². The fourth-order valence-electron chi connectivity index (χ4n) is 2.65. The maximum Gasteiger partial charge on any atom is 0.253 e. The van der Waals surface area contributed by atoms with Crippen LogP contribution in [-0.4, -0.2) is 54.6 Å². The average molecular weight is 357 g/mol. The van der Waals surface area contributed by atoms with Crippen LogP contribution in [0.1, 0.15) is 24.2 Å². The van der Waals surface area contributed by atoms with E-state index in [4.69, 9.17) is 0 Å². The van der Waals surface area contributed by atoms with Crippen molar-refractivity contribution in [2.45, 2.75) is 26.1 Å². The Hall–Kier alpha value is -0.940. The Balaban J connectivity index is 2.04. The van der Waals surface area contributed by atoms with Crippen molar-refractivity contribution in [1.82, 2.24) is 9.80 Å². The fraction of sp³-hybridized carbons (Fsp3) is 0.562. The van der Waals surface area contributed by atoms with Gasteiger partial charge in [0.15, 0.2) is 0 Å². The van der Waals surface area contributed by atoms with Gasteiger partial charge in [-0.25, -0.2) is 4.39 Å². The molecular formula is C16H22BrFN2O. The topological polar surface area (TPSA) is 23.6 Å². The van der Waals surface area contributed by atoms with Crippen LogP contribution in [0.5, 0.6) is 0 Å². The van der Waals surface area contributed by atoms with Crippen molar-refractivity contribution >= 4 is 21.8 Å². The Morgan fingerprint density at radius 1 is 1.38 bits per heavy atom. The highest BCUT2D eigenvalue weighted by Gasteiger charge is 2.32. The number of halogens is 2. The first-order valence-corrected chi connectivity index (χ1v) is 8.07. The predicted octanol–water partition coefficient (Wildman–Crippen LogP) is 3.20. The van der Waals surface area contributed by atoms with Crippen molar-refractivity contribution < 1.29 is 9.18 Å². The Labute approximate surface area is 134 Å². The number of alkyl halides is 1. The fourth-order valence-corrected chi connectivity index (χ4v) is 2.91. The van der Waals surface area contributed by atoms with Crippen molar-refractivity contribution in [1.29, 1.82) is 0 Å². The van der Waals surface area contributed by atoms with Gasteiger partial charge in [-0.3, -0.25) is 9.69 Å². The number of carbonyl (C=O) groups excluding carboxylic acids is 1. The standard InChI is InChI=1S/C16H22BrFN2O/c1-11(2)15(10-20-8-14(18)9-20)19(3)16(21)12-4-6-13(17)7-5-12/h4-7,11,14-15H,8-10H2,1-3H3/t15-/m1/s1. The lowest BCUT2D eigenvalue weighted by atomic mass is 9.99. The summed E-state index contributed by atoms with van der Waals surface area (Å²) in [6.07, 6.45) is -0.703. The van der Waals surface area contributed by atoms with Crippen LogP contribution in [0.25, 0.3) is 0 Å². The van der Waals surface area contributed by atoms with Crippen LogP contribution in [0.3, 0.4) is 0 Å². The second kappa shape index (κ2) is 6.88. The first-order valence-electron chi connectivity index (χ1n) is 7.27. The van der Waals surface area contributed by atoms with Crippen molar-refractivity contribution in [3.63, 3.8) is 0 Å². The molecule has 1 aliphatic rings. The SMILES string of the molecule is CC(C)[C@@H](CN1CC(F)C1)N(C)C(=O)c1ccc(Br)cc1. The Morgan fingerprint density at radius 3 is 2.43 bits per heavy atom. The number of rotatable bonds is 5. The number of hydrogen-bond donors (Lipinski definition) is 0. The van der Waals surface area contributed by atoms with E-state index in [1.165, 1.54) is 0 Å². The minimum atomic E-state index is -0.703. The highest BCUT2D eigenvalue weighted by molar-refractivity contribution is 9.10. The third-order valence-corrected chi connectivity index (χ3v) is 4.57. The van der Waals surface area contributed by atoms with E-state index in [-0.39, 0.29) is 11.9 Å². The van der Waals surface area contributed by atoms with Crippen molar-refractivity contribution in [2.24, 2.45) is 5.92 Å². The van der Waals surface area contributed by atoms with Gasteiger partial charge in [-0.2, -0.15) is 0 Å². The van der Waals surface area contributed by atoms with Crippen LogP contribution in [-0.2, 0) is 0 Å². The molecule has 2 rings (SSSR count). The van der Waals surface area contributed by atoms with Crippen molar-refractivity contribution in [2.75, 3.05) is 26.7 Å². The van der Waals surface area contributed by atoms with Gasteiger partial charge in [-0.05, 0) is 30.2 Å². The molecule has 3 nitrogen and oxygen atoms in total. The molecule has 1 fully saturated rings. The van der Waals surface area contributed by atoms with E-state index in [1.807, 2.05) is 31.3 Å². The molecule has 0 saturated carbocycles. The molecule has 21 heavy (non-hydrogen) atoms. The normalized spacial score (nSPS) is 17.6. The van der Waals surface area contributed by atoms with Crippen molar-refractivity contribution in [3.8, 4) is 0 Å². The summed E-state index contributed by atoms with van der Waals surface area (Å²) in [6.45, 7) is 5.91. The largest absolute Gasteiger partial charge is 0.337 e. The van der Waals surface area contributed by atoms with E-state index in [9.17, 15) is 9.18 Å². The first-order chi connectivity index (χ1) is 9.88. The maximum absolute atomic E-state index is 13.0. The number of nitrogens with zero attached hydrogens (tertiary/aromatic N) is 2. The van der Waals surface area contributed by atoms with Crippen LogP contribution in [0.2, 0.25) is 0 Å². The van der Waals surface area contributed by atoms with Gasteiger partial charge in [-0.15, -0.1) is 0 Å². The van der Waals surface area contributed by atoms with Gasteiger partial charge in [0.1, 0.15) is 6.17 Å². The molecule has 1 aromatic rings. The summed E-state index contributed by atoms with van der Waals surface area (Å²) >= 11 is 3.37. The van der Waals surface area contributed by atoms with Gasteiger partial charge in [-0.1, -0.05) is 29.8 Å². The lowest BCUT2D eigenvalue weighted by Gasteiger charge is -2.41. The second-order valence-electron chi connectivity index (χ2n) is 6.05. The van der Waals surface area contributed by atoms with Gasteiger partial charge < -0.3 is 4.90 Å². The molecule has 1 aliphatic heterocycles. The zero-order valence-electron chi connectivity index (χ0n) is 12.7. The van der Waals surface area contributed by atoms with Crippen LogP contribution in [0.4, 0.5) is 4.39 Å². The van der Waals surface area contributed by atoms with E-state index in [1.54, 1.807) is 4.90 Å². The number of benzene rings is 1. The van der Waals surface area contributed by atoms with Gasteiger partial charge in [0.05, 0.1) is 0 Å². The smallest absolute Gasteiger partial charge is 0.253 e. The maximum atomic E-state index is 13.0. The monoisotopic (exact) mass is 356 g/mol. The number of amides is 1. The Kier molecular flexibility index (Phi) is 5.38. The molecule has 0 N–H and O–H groups in total. The van der Waals surface area contributed by atoms with Gasteiger partial charge in [0.25, 0.3) is 5.91 Å². The Morgan fingerprint density at radius 2 is 1.95 bits per heavy atom. The van der Waals surface area contributed by atoms with E-state index in [0.29, 0.717) is 24.6 Å². The highest BCUT2D eigenvalue weighted by atomic mass is 79.9. The van der Waals surface area contributed by atoms with E-state index in [2.05, 4.69) is 34.7 Å². The molecule has 0 bridgehead atoms. The highest BCUT2D eigenvalue weighted by Crippen LogP contribution is 2.19. The van der Waals surface area contributed by atoms with Crippen LogP contribution >= 0.6 is 15.9 Å². The summed E-state index contributed by atoms with van der Waals surface area (Å²) in [5, 5.41) is 0. The van der Waals surface area contributed by atoms with Crippen LogP contribution < -0.4 is 0 Å². The molecule has 1 amide bonds. The summed E-state index contributed by atoms with van der Waals surface area (Å²) in [5.41, 5.74) is 0.679. The molecule has 1 atom stereocenters. The first kappa shape index (κ1) is 16.4. The molecule has 1 saturated heterocycles. The van der Waals surface area contributed by atoms with Crippen LogP contribution in [0.15, 0.2) is 28.7 Å². The van der Waals surface area contributed by atoms with E-state index >= 15 is 0 Å². The van der Waals surface area contributed by atoms with E-state index in [0.717, 1.165) is 11.0 Å². The third-order valence-electron chi connectivity index (χ3n) is 4.04. The van der Waals surface area contributed by atoms with Gasteiger partial charge in [0.2, 0.25) is 0 Å². The van der Waals surface area contributed by atoms with Crippen molar-refractivity contribution in [3.05, 3.63) is 34.3 Å². The summed E-state index contributed by atoms with van der Waals surface area (Å²) in [6, 6.07) is 7.47. The molecule has 1 aromatic carbocycles. The average Bonchev–Trinajstić information content (AvgIpc) is 2.41. The number of carbonyl (C=O) groups is 1. The zero-order valence-corrected chi connectivity index (χ0v) is 14.3. The molecule has 0 aromatic heterocycles. The predicted molar refractivity (Wildman–Crippen MR) is 86.2 cm³/mol. The minimum Gasteiger partial charge on any atom is -0.337 e. The third kappa shape index (κ3) is 4.04. The second-order valence-corrected chi connectivity index (χ2v) is 6.97. The van der Waals surface area contributed by atoms with Gasteiger partial charge in [0, 0.05) is 42.8 Å². The molecule has 5 heteroatoms. The molecule has 0 aliphatic carbocycles. The summed E-state index contributed by atoms with van der Waals surface area (Å²) in [4.78, 5) is 16.4. The Bertz CT molecular complexity index is 486. The lowest BCUT2D eigenvalue weighted by Crippen LogP contribution is -2.55. The quantitative estimate of drug-likeness (QED) is 0.808. The summed E-state index contributed by atoms with van der Waals surface area (Å²) < 4.78 is 13.9. The molecular weight excluding hydrogens is 335 g/mol. The molecule has 0 unspecified atom stereocenters. The van der Waals surface area contributed by atoms with E-state index < -0.39 is 6.17 Å². The number of hydrogen-bond acceptors (Lipinski definition) is 2. The molecule has 0 spiro atoms.